The number of carbonyl (C=O) groups is 2. The quantitative estimate of drug-likeness (QED) is 0.481. The number of methoxy groups -OCH3 is 2. The van der Waals surface area contributed by atoms with Crippen LogP contribution in [0.5, 0.6) is 0 Å². The van der Waals surface area contributed by atoms with Crippen LogP contribution in [0, 0.1) is 29.1 Å². The molecule has 1 saturated heterocycles. The molecule has 1 unspecified atom stereocenters. The number of hydrogen-bond donors (Lipinski definition) is 0. The van der Waals surface area contributed by atoms with Crippen LogP contribution in [0.2, 0.25) is 0 Å². The Hall–Kier alpha value is -1.66. The molecule has 0 bridgehead atoms. The summed E-state index contributed by atoms with van der Waals surface area (Å²) in [7, 11) is 2.95. The molecule has 0 aromatic heterocycles. The van der Waals surface area contributed by atoms with Gasteiger partial charge >= 0.3 is 11.9 Å². The summed E-state index contributed by atoms with van der Waals surface area (Å²) in [6.07, 6.45) is 11.3. The Morgan fingerprint density at radius 3 is 2.65 bits per heavy atom. The Morgan fingerprint density at radius 1 is 1.10 bits per heavy atom. The molecule has 0 aromatic rings. The van der Waals surface area contributed by atoms with Gasteiger partial charge in [0.15, 0.2) is 5.78 Å². The van der Waals surface area contributed by atoms with Crippen LogP contribution in [0.25, 0.3) is 0 Å². The van der Waals surface area contributed by atoms with Crippen molar-refractivity contribution >= 4 is 11.8 Å². The van der Waals surface area contributed by atoms with Crippen LogP contribution in [0.4, 0.5) is 0 Å². The Bertz CT molecular complexity index is 860. The highest BCUT2D eigenvalue weighted by atomic mass is 16.9. The number of esters is 1. The second-order valence-corrected chi connectivity index (χ2v) is 10.4. The third-order valence-electron chi connectivity index (χ3n) is 9.29. The van der Waals surface area contributed by atoms with Gasteiger partial charge in [0.05, 0.1) is 13.2 Å². The molecule has 4 aliphatic carbocycles. The molecule has 7 atom stereocenters. The molecule has 0 aromatic carbocycles. The van der Waals surface area contributed by atoms with Crippen molar-refractivity contribution < 1.29 is 28.5 Å². The molecule has 5 rings (SSSR count). The van der Waals surface area contributed by atoms with Crippen LogP contribution < -0.4 is 0 Å². The van der Waals surface area contributed by atoms with E-state index in [0.29, 0.717) is 41.6 Å². The maximum Gasteiger partial charge on any atom is 0.333 e. The summed E-state index contributed by atoms with van der Waals surface area (Å²) in [4.78, 5) is 24.1. The summed E-state index contributed by atoms with van der Waals surface area (Å²) in [5.41, 5.74) is 0.573. The molecule has 1 heterocycles. The average Bonchev–Trinajstić information content (AvgIpc) is 3.22. The Labute approximate surface area is 184 Å². The molecule has 0 amide bonds. The molecular formula is C25H34O6. The number of ketones is 1. The van der Waals surface area contributed by atoms with Gasteiger partial charge in [0.2, 0.25) is 0 Å². The van der Waals surface area contributed by atoms with Crippen molar-refractivity contribution in [3.8, 4) is 0 Å². The fraction of sp³-hybridized carbons (Fsp3) is 0.760. The number of carbonyl (C=O) groups excluding carboxylic acids is 2. The summed E-state index contributed by atoms with van der Waals surface area (Å²) in [6.45, 7) is 4.10. The van der Waals surface area contributed by atoms with E-state index >= 15 is 0 Å². The summed E-state index contributed by atoms with van der Waals surface area (Å²) >= 11 is 0. The molecule has 31 heavy (non-hydrogen) atoms. The minimum absolute atomic E-state index is 0.143. The van der Waals surface area contributed by atoms with E-state index in [1.54, 1.807) is 14.0 Å². The number of fused-ring (bicyclic) bond motifs is 6. The maximum absolute atomic E-state index is 12.2. The fourth-order valence-electron chi connectivity index (χ4n) is 7.82. The smallest absolute Gasteiger partial charge is 0.333 e. The Morgan fingerprint density at radius 2 is 1.90 bits per heavy atom. The Balaban J connectivity index is 1.50. The van der Waals surface area contributed by atoms with Crippen molar-refractivity contribution in [3.05, 3.63) is 23.5 Å². The first kappa shape index (κ1) is 21.2. The lowest BCUT2D eigenvalue weighted by Gasteiger charge is -2.55. The van der Waals surface area contributed by atoms with Crippen molar-refractivity contribution in [3.63, 3.8) is 0 Å². The standard InChI is InChI=1S/C25H34O6/c1-23-11-9-18-17-8-6-16(26)13-15(17)5-7-19(18)20(23)10-12-25(23)21(14-22(27)28-3)30-24(2,29-4)31-25/h13-14,17-20H,5-12H2,1-4H3/b21-14+/t17-,18+,19+,20-,23-,24?,25-/m0/s1. The topological polar surface area (TPSA) is 71.1 Å². The molecule has 170 valence electrons. The lowest BCUT2D eigenvalue weighted by atomic mass is 9.50. The number of hydrogen-bond acceptors (Lipinski definition) is 6. The zero-order valence-corrected chi connectivity index (χ0v) is 19.1. The van der Waals surface area contributed by atoms with Crippen LogP contribution in [-0.2, 0) is 28.5 Å². The van der Waals surface area contributed by atoms with Gasteiger partial charge in [-0.25, -0.2) is 4.79 Å². The van der Waals surface area contributed by atoms with Gasteiger partial charge in [-0.1, -0.05) is 12.5 Å². The third kappa shape index (κ3) is 2.97. The average molecular weight is 431 g/mol. The van der Waals surface area contributed by atoms with E-state index in [4.69, 9.17) is 18.9 Å². The van der Waals surface area contributed by atoms with Gasteiger partial charge in [0, 0.05) is 25.9 Å². The van der Waals surface area contributed by atoms with Gasteiger partial charge < -0.3 is 18.9 Å². The minimum atomic E-state index is -1.21. The predicted octanol–water partition coefficient (Wildman–Crippen LogP) is 4.29. The van der Waals surface area contributed by atoms with E-state index in [2.05, 4.69) is 6.92 Å². The van der Waals surface area contributed by atoms with Gasteiger partial charge in [0.25, 0.3) is 0 Å². The summed E-state index contributed by atoms with van der Waals surface area (Å²) in [5.74, 6) is 1.53. The fourth-order valence-corrected chi connectivity index (χ4v) is 7.82. The number of allylic oxidation sites excluding steroid dienone is 1. The van der Waals surface area contributed by atoms with Crippen LogP contribution in [0.15, 0.2) is 23.5 Å². The SMILES string of the molecule is COC(=O)/C=C1/OC(C)(OC)O[C@@]12CC[C@H]1[C@@H]3CCC4=CC(=O)CC[C@@H]4[C@H]3CC[C@@]12C. The zero-order valence-electron chi connectivity index (χ0n) is 19.1. The van der Waals surface area contributed by atoms with E-state index in [1.165, 1.54) is 18.8 Å². The van der Waals surface area contributed by atoms with Crippen molar-refractivity contribution in [2.75, 3.05) is 14.2 Å². The second kappa shape index (κ2) is 7.17. The molecule has 6 nitrogen and oxygen atoms in total. The molecule has 3 saturated carbocycles. The van der Waals surface area contributed by atoms with Crippen LogP contribution in [-0.4, -0.2) is 37.5 Å². The third-order valence-corrected chi connectivity index (χ3v) is 9.29. The van der Waals surface area contributed by atoms with Crippen LogP contribution in [0.1, 0.15) is 65.2 Å². The van der Waals surface area contributed by atoms with Crippen molar-refractivity contribution in [2.45, 2.75) is 76.8 Å². The number of rotatable bonds is 2. The monoisotopic (exact) mass is 430 g/mol. The van der Waals surface area contributed by atoms with E-state index in [9.17, 15) is 9.59 Å². The first-order valence-electron chi connectivity index (χ1n) is 11.7. The first-order chi connectivity index (χ1) is 14.7. The van der Waals surface area contributed by atoms with Crippen LogP contribution >= 0.6 is 0 Å². The highest BCUT2D eigenvalue weighted by Crippen LogP contribution is 2.69. The zero-order chi connectivity index (χ0) is 22.0. The summed E-state index contributed by atoms with van der Waals surface area (Å²) < 4.78 is 23.2. The molecule has 6 heteroatoms. The highest BCUT2D eigenvalue weighted by Gasteiger charge is 2.70. The van der Waals surface area contributed by atoms with Crippen molar-refractivity contribution in [1.29, 1.82) is 0 Å². The normalized spacial score (nSPS) is 47.4. The summed E-state index contributed by atoms with van der Waals surface area (Å²) in [6, 6.07) is 0. The molecule has 4 fully saturated rings. The van der Waals surface area contributed by atoms with Gasteiger partial charge in [-0.3, -0.25) is 4.79 Å². The Kier molecular flexibility index (Phi) is 4.91. The van der Waals surface area contributed by atoms with Gasteiger partial charge in [-0.15, -0.1) is 0 Å². The highest BCUT2D eigenvalue weighted by molar-refractivity contribution is 5.91. The van der Waals surface area contributed by atoms with Gasteiger partial charge in [-0.2, -0.15) is 0 Å². The van der Waals surface area contributed by atoms with E-state index in [0.717, 1.165) is 44.9 Å². The van der Waals surface area contributed by atoms with E-state index in [1.807, 2.05) is 6.08 Å². The van der Waals surface area contributed by atoms with Gasteiger partial charge in [-0.05, 0) is 74.7 Å². The van der Waals surface area contributed by atoms with Crippen molar-refractivity contribution in [2.24, 2.45) is 29.1 Å². The molecule has 5 aliphatic rings. The second-order valence-electron chi connectivity index (χ2n) is 10.4. The molecular weight excluding hydrogens is 396 g/mol. The van der Waals surface area contributed by atoms with Crippen molar-refractivity contribution in [1.82, 2.24) is 0 Å². The maximum atomic E-state index is 12.2. The largest absolute Gasteiger partial charge is 0.466 e. The minimum Gasteiger partial charge on any atom is -0.466 e. The molecule has 1 spiro atoms. The predicted molar refractivity (Wildman–Crippen MR) is 113 cm³/mol. The lowest BCUT2D eigenvalue weighted by molar-refractivity contribution is -0.331. The first-order valence-corrected chi connectivity index (χ1v) is 11.7. The van der Waals surface area contributed by atoms with Gasteiger partial charge in [0.1, 0.15) is 11.4 Å². The molecule has 0 radical (unpaired) electrons. The van der Waals surface area contributed by atoms with Crippen LogP contribution in [0.3, 0.4) is 0 Å². The molecule has 1 aliphatic heterocycles. The van der Waals surface area contributed by atoms with E-state index < -0.39 is 17.5 Å². The summed E-state index contributed by atoms with van der Waals surface area (Å²) in [5, 5.41) is 0. The number of ether oxygens (including phenoxy) is 4. The molecule has 0 N–H and O–H groups in total. The van der Waals surface area contributed by atoms with E-state index in [-0.39, 0.29) is 5.41 Å². The lowest BCUT2D eigenvalue weighted by Crippen LogP contribution is -2.54.